The van der Waals surface area contributed by atoms with Crippen molar-refractivity contribution in [2.24, 2.45) is 0 Å². The predicted molar refractivity (Wildman–Crippen MR) is 73.1 cm³/mol. The molecule has 0 amide bonds. The lowest BCUT2D eigenvalue weighted by Crippen LogP contribution is -2.10. The Bertz CT molecular complexity index is 381. The van der Waals surface area contributed by atoms with Crippen molar-refractivity contribution in [1.82, 2.24) is 0 Å². The van der Waals surface area contributed by atoms with Crippen LogP contribution in [0.15, 0.2) is 22.7 Å². The largest absolute Gasteiger partial charge is 0.466 e. The van der Waals surface area contributed by atoms with Crippen LogP contribution < -0.4 is 0 Å². The Morgan fingerprint density at radius 3 is 2.94 bits per heavy atom. The van der Waals surface area contributed by atoms with Crippen LogP contribution >= 0.6 is 38.5 Å². The molecule has 0 saturated heterocycles. The molecular formula is C11H12BrIO3. The number of halogens is 2. The van der Waals surface area contributed by atoms with Gasteiger partial charge in [0.2, 0.25) is 0 Å². The van der Waals surface area contributed by atoms with Crippen molar-refractivity contribution >= 4 is 44.5 Å². The fraction of sp³-hybridized carbons (Fsp3) is 0.364. The van der Waals surface area contributed by atoms with E-state index in [4.69, 9.17) is 4.74 Å². The fourth-order valence-corrected chi connectivity index (χ4v) is 2.28. The molecule has 0 aliphatic carbocycles. The SMILES string of the molecule is CCOC(=O)CC(O)c1cc(I)ccc1Br. The van der Waals surface area contributed by atoms with E-state index >= 15 is 0 Å². The van der Waals surface area contributed by atoms with E-state index in [-0.39, 0.29) is 12.4 Å². The number of esters is 1. The number of ether oxygens (including phenoxy) is 1. The summed E-state index contributed by atoms with van der Waals surface area (Å²) in [6.45, 7) is 2.07. The Labute approximate surface area is 116 Å². The number of aliphatic hydroxyl groups is 1. The minimum atomic E-state index is -0.830. The van der Waals surface area contributed by atoms with Gasteiger partial charge in [0.25, 0.3) is 0 Å². The van der Waals surface area contributed by atoms with Crippen LogP contribution in [-0.2, 0) is 9.53 Å². The normalized spacial score (nSPS) is 12.2. The molecule has 0 aromatic heterocycles. The molecule has 0 radical (unpaired) electrons. The molecule has 1 aromatic rings. The first-order valence-corrected chi connectivity index (χ1v) is 6.70. The molecule has 1 rings (SSSR count). The second-order valence-corrected chi connectivity index (χ2v) is 5.29. The number of benzene rings is 1. The van der Waals surface area contributed by atoms with Gasteiger partial charge in [0, 0.05) is 8.04 Å². The van der Waals surface area contributed by atoms with E-state index < -0.39 is 6.10 Å². The third kappa shape index (κ3) is 4.03. The highest BCUT2D eigenvalue weighted by Crippen LogP contribution is 2.27. The lowest BCUT2D eigenvalue weighted by atomic mass is 10.1. The monoisotopic (exact) mass is 398 g/mol. The van der Waals surface area contributed by atoms with Crippen LogP contribution in [0, 0.1) is 3.57 Å². The molecule has 0 aliphatic rings. The smallest absolute Gasteiger partial charge is 0.308 e. The summed E-state index contributed by atoms with van der Waals surface area (Å²) in [4.78, 5) is 11.2. The van der Waals surface area contributed by atoms with Crippen molar-refractivity contribution < 1.29 is 14.6 Å². The van der Waals surface area contributed by atoms with E-state index in [9.17, 15) is 9.90 Å². The Balaban J connectivity index is 2.76. The average molecular weight is 399 g/mol. The molecule has 5 heteroatoms. The highest BCUT2D eigenvalue weighted by molar-refractivity contribution is 14.1. The van der Waals surface area contributed by atoms with Crippen LogP contribution in [0.2, 0.25) is 0 Å². The second-order valence-electron chi connectivity index (χ2n) is 3.19. The van der Waals surface area contributed by atoms with Crippen LogP contribution in [0.25, 0.3) is 0 Å². The van der Waals surface area contributed by atoms with Gasteiger partial charge >= 0.3 is 5.97 Å². The summed E-state index contributed by atoms with van der Waals surface area (Å²) in [5, 5.41) is 9.89. The van der Waals surface area contributed by atoms with Gasteiger partial charge in [-0.1, -0.05) is 15.9 Å². The van der Waals surface area contributed by atoms with Gasteiger partial charge in [-0.05, 0) is 53.3 Å². The summed E-state index contributed by atoms with van der Waals surface area (Å²) < 4.78 is 6.60. The molecule has 0 saturated carbocycles. The Kier molecular flexibility index (Phi) is 5.71. The summed E-state index contributed by atoms with van der Waals surface area (Å²) in [6, 6.07) is 5.62. The van der Waals surface area contributed by atoms with E-state index in [0.717, 1.165) is 8.04 Å². The number of hydrogen-bond donors (Lipinski definition) is 1. The van der Waals surface area contributed by atoms with Crippen molar-refractivity contribution in [3.8, 4) is 0 Å². The molecule has 1 unspecified atom stereocenters. The third-order valence-electron chi connectivity index (χ3n) is 1.98. The van der Waals surface area contributed by atoms with E-state index in [2.05, 4.69) is 38.5 Å². The molecule has 0 heterocycles. The van der Waals surface area contributed by atoms with Crippen LogP contribution in [0.4, 0.5) is 0 Å². The summed E-state index contributed by atoms with van der Waals surface area (Å²) in [6.07, 6.45) is -0.852. The quantitative estimate of drug-likeness (QED) is 0.626. The Morgan fingerprint density at radius 1 is 1.62 bits per heavy atom. The van der Waals surface area contributed by atoms with Gasteiger partial charge in [-0.25, -0.2) is 0 Å². The molecule has 1 N–H and O–H groups in total. The highest BCUT2D eigenvalue weighted by atomic mass is 127. The van der Waals surface area contributed by atoms with E-state index in [0.29, 0.717) is 12.2 Å². The van der Waals surface area contributed by atoms with E-state index in [1.807, 2.05) is 18.2 Å². The standard InChI is InChI=1S/C11H12BrIO3/c1-2-16-11(15)6-10(14)8-5-7(13)3-4-9(8)12/h3-5,10,14H,2,6H2,1H3. The summed E-state index contributed by atoms with van der Waals surface area (Å²) in [5.41, 5.74) is 0.708. The minimum Gasteiger partial charge on any atom is -0.466 e. The molecule has 1 aromatic carbocycles. The van der Waals surface area contributed by atoms with Gasteiger partial charge in [0.05, 0.1) is 19.1 Å². The summed E-state index contributed by atoms with van der Waals surface area (Å²) in [7, 11) is 0. The van der Waals surface area contributed by atoms with Crippen molar-refractivity contribution in [3.05, 3.63) is 31.8 Å². The van der Waals surface area contributed by atoms with Gasteiger partial charge in [0.15, 0.2) is 0 Å². The molecule has 1 atom stereocenters. The van der Waals surface area contributed by atoms with Crippen molar-refractivity contribution in [1.29, 1.82) is 0 Å². The molecular weight excluding hydrogens is 387 g/mol. The number of carbonyl (C=O) groups excluding carboxylic acids is 1. The van der Waals surface area contributed by atoms with Crippen molar-refractivity contribution in [2.45, 2.75) is 19.4 Å². The molecule has 0 spiro atoms. The molecule has 0 fully saturated rings. The van der Waals surface area contributed by atoms with Crippen LogP contribution in [-0.4, -0.2) is 17.7 Å². The number of rotatable bonds is 4. The zero-order valence-electron chi connectivity index (χ0n) is 8.74. The van der Waals surface area contributed by atoms with Gasteiger partial charge in [-0.2, -0.15) is 0 Å². The maximum Gasteiger partial charge on any atom is 0.308 e. The highest BCUT2D eigenvalue weighted by Gasteiger charge is 2.16. The first-order chi connectivity index (χ1) is 7.54. The van der Waals surface area contributed by atoms with E-state index in [1.165, 1.54) is 0 Å². The molecule has 88 valence electrons. The number of aliphatic hydroxyl groups excluding tert-OH is 1. The van der Waals surface area contributed by atoms with Gasteiger partial charge in [0.1, 0.15) is 0 Å². The molecule has 0 bridgehead atoms. The number of carbonyl (C=O) groups is 1. The average Bonchev–Trinajstić information content (AvgIpc) is 2.21. The van der Waals surface area contributed by atoms with Crippen LogP contribution in [0.3, 0.4) is 0 Å². The predicted octanol–water partition coefficient (Wildman–Crippen LogP) is 3.04. The molecule has 0 aliphatic heterocycles. The van der Waals surface area contributed by atoms with Gasteiger partial charge in [-0.15, -0.1) is 0 Å². The molecule has 16 heavy (non-hydrogen) atoms. The van der Waals surface area contributed by atoms with Crippen molar-refractivity contribution in [2.75, 3.05) is 6.61 Å². The zero-order valence-corrected chi connectivity index (χ0v) is 12.5. The Hall–Kier alpha value is -0.140. The van der Waals surface area contributed by atoms with Crippen molar-refractivity contribution in [3.63, 3.8) is 0 Å². The van der Waals surface area contributed by atoms with Gasteiger partial charge in [-0.3, -0.25) is 4.79 Å². The maximum atomic E-state index is 11.2. The third-order valence-corrected chi connectivity index (χ3v) is 3.38. The van der Waals surface area contributed by atoms with Crippen LogP contribution in [0.1, 0.15) is 25.0 Å². The van der Waals surface area contributed by atoms with Gasteiger partial charge < -0.3 is 9.84 Å². The summed E-state index contributed by atoms with van der Waals surface area (Å²) >= 11 is 5.50. The summed E-state index contributed by atoms with van der Waals surface area (Å²) in [5.74, 6) is -0.388. The zero-order chi connectivity index (χ0) is 12.1. The fourth-order valence-electron chi connectivity index (χ4n) is 1.26. The Morgan fingerprint density at radius 2 is 2.31 bits per heavy atom. The maximum absolute atomic E-state index is 11.2. The topological polar surface area (TPSA) is 46.5 Å². The second kappa shape index (κ2) is 6.56. The van der Waals surface area contributed by atoms with Crippen LogP contribution in [0.5, 0.6) is 0 Å². The van der Waals surface area contributed by atoms with E-state index in [1.54, 1.807) is 6.92 Å². The lowest BCUT2D eigenvalue weighted by molar-refractivity contribution is -0.145. The first-order valence-electron chi connectivity index (χ1n) is 4.83. The molecule has 3 nitrogen and oxygen atoms in total. The lowest BCUT2D eigenvalue weighted by Gasteiger charge is -2.12. The minimum absolute atomic E-state index is 0.0213. The number of hydrogen-bond acceptors (Lipinski definition) is 3. The first kappa shape index (κ1) is 13.9.